The number of hydrogen-bond acceptors (Lipinski definition) is 0. The van der Waals surface area contributed by atoms with Crippen molar-refractivity contribution in [2.24, 2.45) is 0 Å². The molecule has 0 atom stereocenters. The van der Waals surface area contributed by atoms with Crippen molar-refractivity contribution in [3.8, 4) is 33.6 Å². The second kappa shape index (κ2) is 10.9. The van der Waals surface area contributed by atoms with Crippen LogP contribution in [0.5, 0.6) is 0 Å². The number of para-hydroxylation sites is 4. The van der Waals surface area contributed by atoms with Gasteiger partial charge in [-0.25, -0.2) is 0 Å². The van der Waals surface area contributed by atoms with E-state index in [0.717, 1.165) is 6.42 Å². The van der Waals surface area contributed by atoms with Crippen molar-refractivity contribution in [3.63, 3.8) is 0 Å². The van der Waals surface area contributed by atoms with Gasteiger partial charge in [0, 0.05) is 32.9 Å². The summed E-state index contributed by atoms with van der Waals surface area (Å²) < 4.78 is 4.77. The number of aromatic nitrogens is 2. The van der Waals surface area contributed by atoms with Crippen LogP contribution in [0, 0.1) is 6.92 Å². The van der Waals surface area contributed by atoms with Gasteiger partial charge in [-0.05, 0) is 107 Å². The van der Waals surface area contributed by atoms with Crippen LogP contribution < -0.4 is 0 Å². The smallest absolute Gasteiger partial charge is 0.0541 e. The molecule has 0 bridgehead atoms. The summed E-state index contributed by atoms with van der Waals surface area (Å²) in [6, 6.07) is 57.7. The molecule has 2 heteroatoms. The Labute approximate surface area is 274 Å². The van der Waals surface area contributed by atoms with Gasteiger partial charge in [0.1, 0.15) is 0 Å². The fraction of sp³-hybridized carbons (Fsp3) is 0.0667. The maximum absolute atomic E-state index is 2.43. The van der Waals surface area contributed by atoms with E-state index in [2.05, 4.69) is 181 Å². The van der Waals surface area contributed by atoms with Crippen LogP contribution in [-0.2, 0) is 6.42 Å². The molecule has 0 spiro atoms. The van der Waals surface area contributed by atoms with Crippen molar-refractivity contribution in [1.82, 2.24) is 9.13 Å². The van der Waals surface area contributed by atoms with Gasteiger partial charge in [-0.1, -0.05) is 104 Å². The molecule has 2 aromatic heterocycles. The molecule has 9 rings (SSSR count). The summed E-state index contributed by atoms with van der Waals surface area (Å²) in [6.45, 7) is 4.53. The Balaban J connectivity index is 1.19. The molecule has 2 nitrogen and oxygen atoms in total. The molecule has 0 fully saturated rings. The second-order valence-corrected chi connectivity index (χ2v) is 12.5. The summed E-state index contributed by atoms with van der Waals surface area (Å²) in [6.07, 6.45) is 0.960. The van der Waals surface area contributed by atoms with Gasteiger partial charge in [-0.3, -0.25) is 0 Å². The Kier molecular flexibility index (Phi) is 6.36. The quantitative estimate of drug-likeness (QED) is 0.185. The van der Waals surface area contributed by atoms with Crippen LogP contribution in [0.3, 0.4) is 0 Å². The zero-order chi connectivity index (χ0) is 31.5. The zero-order valence-electron chi connectivity index (χ0n) is 26.6. The normalized spacial score (nSPS) is 11.7. The number of hydrogen-bond donors (Lipinski definition) is 0. The van der Waals surface area contributed by atoms with Gasteiger partial charge >= 0.3 is 0 Å². The first-order valence-electron chi connectivity index (χ1n) is 16.5. The van der Waals surface area contributed by atoms with E-state index >= 15 is 0 Å². The van der Waals surface area contributed by atoms with Crippen molar-refractivity contribution >= 4 is 43.6 Å². The van der Waals surface area contributed by atoms with Gasteiger partial charge in [-0.15, -0.1) is 0 Å². The Hall–Kier alpha value is -5.86. The van der Waals surface area contributed by atoms with Gasteiger partial charge in [0.2, 0.25) is 0 Å². The fourth-order valence-electron chi connectivity index (χ4n) is 7.62. The largest absolute Gasteiger partial charge is 0.309 e. The van der Waals surface area contributed by atoms with E-state index in [1.165, 1.54) is 88.4 Å². The highest BCUT2D eigenvalue weighted by molar-refractivity contribution is 6.11. The molecule has 224 valence electrons. The lowest BCUT2D eigenvalue weighted by Crippen LogP contribution is -1.95. The Morgan fingerprint density at radius 1 is 0.404 bits per heavy atom. The molecule has 0 radical (unpaired) electrons. The number of aryl methyl sites for hydroxylation is 2. The molecule has 2 heterocycles. The maximum Gasteiger partial charge on any atom is 0.0541 e. The highest BCUT2D eigenvalue weighted by Gasteiger charge is 2.17. The monoisotopic (exact) mass is 602 g/mol. The third-order valence-electron chi connectivity index (χ3n) is 9.83. The van der Waals surface area contributed by atoms with E-state index in [1.54, 1.807) is 0 Å². The van der Waals surface area contributed by atoms with Crippen LogP contribution in [0.2, 0.25) is 0 Å². The summed E-state index contributed by atoms with van der Waals surface area (Å²) in [7, 11) is 0. The molecule has 0 amide bonds. The molecule has 0 saturated heterocycles. The fourth-order valence-corrected chi connectivity index (χ4v) is 7.62. The lowest BCUT2D eigenvalue weighted by Gasteiger charge is -2.15. The first-order valence-corrected chi connectivity index (χ1v) is 16.5. The van der Waals surface area contributed by atoms with Crippen LogP contribution >= 0.6 is 0 Å². The number of fused-ring (bicyclic) bond motifs is 6. The summed E-state index contributed by atoms with van der Waals surface area (Å²) in [4.78, 5) is 0. The van der Waals surface area contributed by atoms with Crippen LogP contribution in [0.4, 0.5) is 0 Å². The maximum atomic E-state index is 2.43. The molecular formula is C45H34N2. The van der Waals surface area contributed by atoms with Crippen molar-refractivity contribution in [1.29, 1.82) is 0 Å². The van der Waals surface area contributed by atoms with E-state index in [1.807, 2.05) is 0 Å². The van der Waals surface area contributed by atoms with Crippen molar-refractivity contribution in [3.05, 3.63) is 169 Å². The summed E-state index contributed by atoms with van der Waals surface area (Å²) in [5, 5.41) is 5.12. The Bertz CT molecular complexity index is 2600. The van der Waals surface area contributed by atoms with E-state index in [-0.39, 0.29) is 0 Å². The second-order valence-electron chi connectivity index (χ2n) is 12.5. The molecule has 0 saturated carbocycles. The topological polar surface area (TPSA) is 9.86 Å². The van der Waals surface area contributed by atoms with Gasteiger partial charge in [-0.2, -0.15) is 0 Å². The van der Waals surface area contributed by atoms with Gasteiger partial charge in [0.15, 0.2) is 0 Å². The molecule has 0 N–H and O–H groups in total. The van der Waals surface area contributed by atoms with E-state index < -0.39 is 0 Å². The van der Waals surface area contributed by atoms with Crippen molar-refractivity contribution in [2.75, 3.05) is 0 Å². The average Bonchev–Trinajstić information content (AvgIpc) is 3.64. The molecule has 0 aliphatic rings. The zero-order valence-corrected chi connectivity index (χ0v) is 26.6. The van der Waals surface area contributed by atoms with Gasteiger partial charge < -0.3 is 9.13 Å². The average molecular weight is 603 g/mol. The van der Waals surface area contributed by atoms with E-state index in [0.29, 0.717) is 0 Å². The summed E-state index contributed by atoms with van der Waals surface area (Å²) in [5.41, 5.74) is 15.1. The predicted molar refractivity (Wildman–Crippen MR) is 200 cm³/mol. The molecular weight excluding hydrogens is 569 g/mol. The molecule has 7 aromatic carbocycles. The minimum Gasteiger partial charge on any atom is -0.309 e. The lowest BCUT2D eigenvalue weighted by molar-refractivity contribution is 1.14. The van der Waals surface area contributed by atoms with Crippen LogP contribution in [-0.4, -0.2) is 9.13 Å². The minimum atomic E-state index is 0.960. The van der Waals surface area contributed by atoms with Gasteiger partial charge in [0.25, 0.3) is 0 Å². The van der Waals surface area contributed by atoms with Crippen LogP contribution in [0.15, 0.2) is 158 Å². The molecule has 9 aromatic rings. The molecule has 0 aliphatic heterocycles. The van der Waals surface area contributed by atoms with E-state index in [4.69, 9.17) is 0 Å². The molecule has 0 unspecified atom stereocenters. The highest BCUT2D eigenvalue weighted by Crippen LogP contribution is 2.40. The number of benzene rings is 7. The van der Waals surface area contributed by atoms with Crippen molar-refractivity contribution < 1.29 is 0 Å². The van der Waals surface area contributed by atoms with Gasteiger partial charge in [0.05, 0.1) is 22.1 Å². The number of nitrogens with zero attached hydrogens (tertiary/aromatic N) is 2. The predicted octanol–water partition coefficient (Wildman–Crippen LogP) is 12.1. The summed E-state index contributed by atoms with van der Waals surface area (Å²) in [5.74, 6) is 0. The third kappa shape index (κ3) is 4.33. The Morgan fingerprint density at radius 2 is 0.851 bits per heavy atom. The van der Waals surface area contributed by atoms with Crippen LogP contribution in [0.25, 0.3) is 77.2 Å². The SMILES string of the molecule is CCc1cc(-c2ccc3c(c2)c2ccccc2n3-c2ccccc2)c(C)cc1-c1ccc2c(c1)c1ccccc1n2-c1ccccc1. The number of rotatable bonds is 5. The highest BCUT2D eigenvalue weighted by atomic mass is 15.0. The van der Waals surface area contributed by atoms with Crippen molar-refractivity contribution in [2.45, 2.75) is 20.3 Å². The minimum absolute atomic E-state index is 0.960. The Morgan fingerprint density at radius 3 is 1.36 bits per heavy atom. The summed E-state index contributed by atoms with van der Waals surface area (Å²) >= 11 is 0. The van der Waals surface area contributed by atoms with Crippen LogP contribution in [0.1, 0.15) is 18.1 Å². The first-order chi connectivity index (χ1) is 23.2. The lowest BCUT2D eigenvalue weighted by atomic mass is 9.89. The molecule has 0 aliphatic carbocycles. The first kappa shape index (κ1) is 27.5. The van der Waals surface area contributed by atoms with E-state index in [9.17, 15) is 0 Å². The third-order valence-corrected chi connectivity index (χ3v) is 9.83. The molecule has 47 heavy (non-hydrogen) atoms. The standard InChI is InChI=1S/C45H34N2/c1-3-31-27-38(32-22-24-44-40(28-32)36-18-10-12-20-42(36)46(44)34-14-6-4-7-15-34)30(2)26-39(31)33-23-25-45-41(29-33)37-19-11-13-21-43(37)47(45)35-16-8-5-9-17-35/h4-29H,3H2,1-2H3.